The molecule has 0 radical (unpaired) electrons. The Morgan fingerprint density at radius 1 is 1.23 bits per heavy atom. The summed E-state index contributed by atoms with van der Waals surface area (Å²) in [6.07, 6.45) is 3.51. The van der Waals surface area contributed by atoms with Crippen molar-refractivity contribution in [3.05, 3.63) is 18.2 Å². The first-order valence-corrected chi connectivity index (χ1v) is 10.6. The molecule has 0 saturated carbocycles. The Labute approximate surface area is 156 Å². The first-order valence-electron chi connectivity index (χ1n) is 9.20. The molecule has 8 heteroatoms. The molecule has 1 aromatic rings. The van der Waals surface area contributed by atoms with Crippen molar-refractivity contribution in [2.24, 2.45) is 0 Å². The van der Waals surface area contributed by atoms with Gasteiger partial charge in [0.2, 0.25) is 10.0 Å². The molecular weight excluding hydrogens is 354 g/mol. The lowest BCUT2D eigenvalue weighted by atomic mass is 10.2. The van der Waals surface area contributed by atoms with E-state index in [0.29, 0.717) is 31.1 Å². The number of carbonyl (C=O) groups excluding carboxylic acids is 1. The van der Waals surface area contributed by atoms with Crippen LogP contribution >= 0.6 is 0 Å². The Bertz CT molecular complexity index is 713. The van der Waals surface area contributed by atoms with E-state index >= 15 is 0 Å². The molecule has 0 unspecified atom stereocenters. The number of carbonyl (C=O) groups is 1. The molecule has 0 bridgehead atoms. The van der Waals surface area contributed by atoms with Crippen molar-refractivity contribution in [1.82, 2.24) is 9.62 Å². The molecule has 1 saturated heterocycles. The van der Waals surface area contributed by atoms with Crippen LogP contribution < -0.4 is 15.4 Å². The molecular formula is C18H29N3O4S. The normalized spacial score (nSPS) is 15.7. The summed E-state index contributed by atoms with van der Waals surface area (Å²) in [6.45, 7) is 7.31. The third-order valence-corrected chi connectivity index (χ3v) is 5.94. The summed E-state index contributed by atoms with van der Waals surface area (Å²) < 4.78 is 33.0. The summed E-state index contributed by atoms with van der Waals surface area (Å²) in [4.78, 5) is 12.2. The smallest absolute Gasteiger partial charge is 0.319 e. The van der Waals surface area contributed by atoms with Gasteiger partial charge in [0, 0.05) is 19.6 Å². The minimum atomic E-state index is -3.58. The number of nitrogens with one attached hydrogen (secondary N) is 2. The number of ether oxygens (including phenoxy) is 1. The molecule has 26 heavy (non-hydrogen) atoms. The molecule has 0 spiro atoms. The van der Waals surface area contributed by atoms with Gasteiger partial charge in [-0.2, -0.15) is 4.31 Å². The second kappa shape index (κ2) is 9.23. The quantitative estimate of drug-likeness (QED) is 0.757. The van der Waals surface area contributed by atoms with Gasteiger partial charge in [-0.25, -0.2) is 13.2 Å². The van der Waals surface area contributed by atoms with Gasteiger partial charge in [-0.15, -0.1) is 0 Å². The van der Waals surface area contributed by atoms with E-state index in [1.54, 1.807) is 6.07 Å². The Balaban J connectivity index is 2.30. The molecule has 1 heterocycles. The van der Waals surface area contributed by atoms with Crippen LogP contribution in [0.15, 0.2) is 23.1 Å². The number of hydrogen-bond acceptors (Lipinski definition) is 4. The third-order valence-electron chi connectivity index (χ3n) is 4.05. The van der Waals surface area contributed by atoms with Crippen molar-refractivity contribution in [2.75, 3.05) is 25.0 Å². The van der Waals surface area contributed by atoms with Crippen LogP contribution in [0.2, 0.25) is 0 Å². The van der Waals surface area contributed by atoms with Crippen LogP contribution in [0.25, 0.3) is 0 Å². The fourth-order valence-electron chi connectivity index (χ4n) is 2.78. The highest BCUT2D eigenvalue weighted by Gasteiger charge is 2.27. The summed E-state index contributed by atoms with van der Waals surface area (Å²) in [5, 5.41) is 5.43. The highest BCUT2D eigenvalue weighted by atomic mass is 32.2. The van der Waals surface area contributed by atoms with Crippen LogP contribution in [-0.4, -0.2) is 44.5 Å². The molecule has 1 fully saturated rings. The monoisotopic (exact) mass is 383 g/mol. The standard InChI is InChI=1S/C18H29N3O4S/c1-4-10-19-18(22)20-16-13-15(8-9-17(16)25-14(2)3)26(23,24)21-11-6-5-7-12-21/h8-9,13-14H,4-7,10-12H2,1-3H3,(H2,19,20,22). The van der Waals surface area contributed by atoms with Gasteiger partial charge in [0.25, 0.3) is 0 Å². The molecule has 1 aromatic carbocycles. The molecule has 2 amide bonds. The summed E-state index contributed by atoms with van der Waals surface area (Å²) in [5.74, 6) is 0.448. The first kappa shape index (κ1) is 20.5. The lowest BCUT2D eigenvalue weighted by Crippen LogP contribution is -2.35. The highest BCUT2D eigenvalue weighted by Crippen LogP contribution is 2.30. The van der Waals surface area contributed by atoms with E-state index in [9.17, 15) is 13.2 Å². The number of anilines is 1. The second-order valence-electron chi connectivity index (χ2n) is 6.67. The van der Waals surface area contributed by atoms with Crippen LogP contribution in [0.5, 0.6) is 5.75 Å². The topological polar surface area (TPSA) is 87.7 Å². The maximum absolute atomic E-state index is 12.9. The van der Waals surface area contributed by atoms with E-state index < -0.39 is 10.0 Å². The molecule has 0 atom stereocenters. The Hall–Kier alpha value is -1.80. The van der Waals surface area contributed by atoms with Crippen molar-refractivity contribution >= 4 is 21.7 Å². The Morgan fingerprint density at radius 2 is 1.92 bits per heavy atom. The summed E-state index contributed by atoms with van der Waals surface area (Å²) in [7, 11) is -3.58. The zero-order valence-corrected chi connectivity index (χ0v) is 16.6. The molecule has 7 nitrogen and oxygen atoms in total. The van der Waals surface area contributed by atoms with Gasteiger partial charge < -0.3 is 15.4 Å². The molecule has 2 N–H and O–H groups in total. The maximum Gasteiger partial charge on any atom is 0.319 e. The summed E-state index contributed by atoms with van der Waals surface area (Å²) >= 11 is 0. The SMILES string of the molecule is CCCNC(=O)Nc1cc(S(=O)(=O)N2CCCCC2)ccc1OC(C)C. The predicted molar refractivity (Wildman–Crippen MR) is 102 cm³/mol. The van der Waals surface area contributed by atoms with Crippen molar-refractivity contribution in [3.8, 4) is 5.75 Å². The summed E-state index contributed by atoms with van der Waals surface area (Å²) in [6, 6.07) is 4.24. The minimum absolute atomic E-state index is 0.0983. The van der Waals surface area contributed by atoms with Gasteiger partial charge in [0.05, 0.1) is 16.7 Å². The van der Waals surface area contributed by atoms with Gasteiger partial charge in [-0.3, -0.25) is 0 Å². The van der Waals surface area contributed by atoms with Gasteiger partial charge >= 0.3 is 6.03 Å². The molecule has 1 aliphatic rings. The van der Waals surface area contributed by atoms with E-state index in [2.05, 4.69) is 10.6 Å². The van der Waals surface area contributed by atoms with Gasteiger partial charge in [-0.1, -0.05) is 13.3 Å². The van der Waals surface area contributed by atoms with Crippen LogP contribution in [0.1, 0.15) is 46.5 Å². The number of piperidine rings is 1. The van der Waals surface area contributed by atoms with Crippen molar-refractivity contribution < 1.29 is 17.9 Å². The highest BCUT2D eigenvalue weighted by molar-refractivity contribution is 7.89. The van der Waals surface area contributed by atoms with E-state index in [0.717, 1.165) is 25.7 Å². The largest absolute Gasteiger partial charge is 0.489 e. The van der Waals surface area contributed by atoms with Crippen LogP contribution in [0.3, 0.4) is 0 Å². The van der Waals surface area contributed by atoms with Gasteiger partial charge in [0.15, 0.2) is 0 Å². The zero-order chi connectivity index (χ0) is 19.2. The number of nitrogens with zero attached hydrogens (tertiary/aromatic N) is 1. The third kappa shape index (κ3) is 5.35. The van der Waals surface area contributed by atoms with Crippen molar-refractivity contribution in [2.45, 2.75) is 57.5 Å². The average Bonchev–Trinajstić information content (AvgIpc) is 2.61. The molecule has 146 valence electrons. The second-order valence-corrected chi connectivity index (χ2v) is 8.61. The number of benzene rings is 1. The van der Waals surface area contributed by atoms with Gasteiger partial charge in [-0.05, 0) is 51.3 Å². The van der Waals surface area contributed by atoms with E-state index in [4.69, 9.17) is 4.74 Å². The summed E-state index contributed by atoms with van der Waals surface area (Å²) in [5.41, 5.74) is 0.352. The number of hydrogen-bond donors (Lipinski definition) is 2. The van der Waals surface area contributed by atoms with Gasteiger partial charge in [0.1, 0.15) is 5.75 Å². The first-order chi connectivity index (χ1) is 12.3. The maximum atomic E-state index is 12.9. The fraction of sp³-hybridized carbons (Fsp3) is 0.611. The minimum Gasteiger partial charge on any atom is -0.489 e. The van der Waals surface area contributed by atoms with Crippen LogP contribution in [-0.2, 0) is 10.0 Å². The molecule has 0 aromatic heterocycles. The Morgan fingerprint density at radius 3 is 2.54 bits per heavy atom. The molecule has 2 rings (SSSR count). The number of rotatable bonds is 7. The predicted octanol–water partition coefficient (Wildman–Crippen LogP) is 3.18. The van der Waals surface area contributed by atoms with E-state index in [1.165, 1.54) is 16.4 Å². The zero-order valence-electron chi connectivity index (χ0n) is 15.7. The van der Waals surface area contributed by atoms with Crippen molar-refractivity contribution in [1.29, 1.82) is 0 Å². The number of sulfonamides is 1. The van der Waals surface area contributed by atoms with E-state index in [-0.39, 0.29) is 17.0 Å². The number of amides is 2. The van der Waals surface area contributed by atoms with E-state index in [1.807, 2.05) is 20.8 Å². The lowest BCUT2D eigenvalue weighted by Gasteiger charge is -2.26. The van der Waals surface area contributed by atoms with Crippen LogP contribution in [0.4, 0.5) is 10.5 Å². The fourth-order valence-corrected chi connectivity index (χ4v) is 4.33. The molecule has 1 aliphatic heterocycles. The molecule has 0 aliphatic carbocycles. The number of urea groups is 1. The van der Waals surface area contributed by atoms with Crippen molar-refractivity contribution in [3.63, 3.8) is 0 Å². The average molecular weight is 384 g/mol. The Kier molecular flexibility index (Phi) is 7.28. The lowest BCUT2D eigenvalue weighted by molar-refractivity contribution is 0.241. The van der Waals surface area contributed by atoms with Crippen LogP contribution in [0, 0.1) is 0 Å².